The van der Waals surface area contributed by atoms with E-state index in [9.17, 15) is 14.4 Å². The highest BCUT2D eigenvalue weighted by Crippen LogP contribution is 2.38. The second-order valence-electron chi connectivity index (χ2n) is 10.5. The van der Waals surface area contributed by atoms with Crippen LogP contribution < -0.4 is 25.4 Å². The van der Waals surface area contributed by atoms with E-state index in [1.54, 1.807) is 97.1 Å². The third kappa shape index (κ3) is 9.23. The van der Waals surface area contributed by atoms with Crippen molar-refractivity contribution in [2.24, 2.45) is 0 Å². The zero-order valence-electron chi connectivity index (χ0n) is 26.4. The van der Waals surface area contributed by atoms with E-state index >= 15 is 0 Å². The smallest absolute Gasteiger partial charge is 0.272 e. The number of carbonyl (C=O) groups is 3. The number of thioether (sulfide) groups is 1. The molecule has 0 aromatic heterocycles. The van der Waals surface area contributed by atoms with E-state index in [4.69, 9.17) is 32.7 Å². The summed E-state index contributed by atoms with van der Waals surface area (Å²) in [5.41, 5.74) is 2.69. The first-order valence-corrected chi connectivity index (χ1v) is 16.6. The molecule has 248 valence electrons. The predicted molar refractivity (Wildman–Crippen MR) is 197 cm³/mol. The summed E-state index contributed by atoms with van der Waals surface area (Å²) in [4.78, 5) is 41.0. The summed E-state index contributed by atoms with van der Waals surface area (Å²) in [5, 5.41) is 8.45. The second kappa shape index (κ2) is 16.7. The number of benzene rings is 5. The van der Waals surface area contributed by atoms with Crippen molar-refractivity contribution in [2.75, 3.05) is 24.9 Å². The zero-order valence-corrected chi connectivity index (χ0v) is 28.7. The van der Waals surface area contributed by atoms with E-state index < -0.39 is 17.1 Å². The van der Waals surface area contributed by atoms with Crippen LogP contribution >= 0.6 is 35.0 Å². The summed E-state index contributed by atoms with van der Waals surface area (Å²) in [7, 11) is 3.05. The maximum absolute atomic E-state index is 13.6. The molecule has 0 aliphatic heterocycles. The number of hydrogen-bond acceptors (Lipinski definition) is 6. The fourth-order valence-electron chi connectivity index (χ4n) is 4.70. The Morgan fingerprint density at radius 1 is 0.735 bits per heavy atom. The van der Waals surface area contributed by atoms with Gasteiger partial charge in [-0.05, 0) is 77.9 Å². The van der Waals surface area contributed by atoms with Gasteiger partial charge in [-0.15, -0.1) is 11.8 Å². The standard InChI is InChI=1S/C38H31Cl2N3O5S/c1-47-32-21-16-24(23-33(32)48-2)22-31(43-36(44)26-12-7-4-8-13-26)37(45)41-27-17-19-28(20-18-27)49-35(25-10-5-3-6-11-25)38(46)42-30-15-9-14-29(39)34(30)40/h3-23,35H,1-2H3,(H,41,45)(H,42,46)(H,43,44)/b31-22-. The van der Waals surface area contributed by atoms with Gasteiger partial charge in [-0.25, -0.2) is 0 Å². The summed E-state index contributed by atoms with van der Waals surface area (Å²) in [6.07, 6.45) is 1.55. The van der Waals surface area contributed by atoms with E-state index in [0.29, 0.717) is 39.0 Å². The first-order valence-electron chi connectivity index (χ1n) is 14.9. The number of hydrogen-bond donors (Lipinski definition) is 3. The molecule has 3 amide bonds. The molecule has 0 saturated heterocycles. The van der Waals surface area contributed by atoms with E-state index in [2.05, 4.69) is 16.0 Å². The molecule has 5 aromatic rings. The van der Waals surface area contributed by atoms with Crippen molar-refractivity contribution in [2.45, 2.75) is 10.1 Å². The van der Waals surface area contributed by atoms with Crippen LogP contribution in [-0.2, 0) is 9.59 Å². The van der Waals surface area contributed by atoms with Crippen LogP contribution in [0, 0.1) is 0 Å². The lowest BCUT2D eigenvalue weighted by molar-refractivity contribution is -0.116. The first-order chi connectivity index (χ1) is 23.7. The Bertz CT molecular complexity index is 1970. The third-order valence-electron chi connectivity index (χ3n) is 7.16. The summed E-state index contributed by atoms with van der Waals surface area (Å²) in [6.45, 7) is 0. The van der Waals surface area contributed by atoms with Crippen LogP contribution in [0.2, 0.25) is 10.0 Å². The van der Waals surface area contributed by atoms with Gasteiger partial charge in [-0.2, -0.15) is 0 Å². The van der Waals surface area contributed by atoms with Crippen molar-refractivity contribution >= 4 is 70.1 Å². The molecule has 5 aromatic carbocycles. The van der Waals surface area contributed by atoms with Gasteiger partial charge in [0.2, 0.25) is 5.91 Å². The van der Waals surface area contributed by atoms with Gasteiger partial charge < -0.3 is 25.4 Å². The van der Waals surface area contributed by atoms with E-state index in [0.717, 1.165) is 10.5 Å². The first kappa shape index (κ1) is 35.1. The van der Waals surface area contributed by atoms with Crippen molar-refractivity contribution in [1.82, 2.24) is 5.32 Å². The minimum Gasteiger partial charge on any atom is -0.493 e. The molecule has 5 rings (SSSR count). The monoisotopic (exact) mass is 711 g/mol. The highest BCUT2D eigenvalue weighted by molar-refractivity contribution is 8.00. The fourth-order valence-corrected chi connectivity index (χ4v) is 6.07. The molecule has 0 aliphatic carbocycles. The number of nitrogens with one attached hydrogen (secondary N) is 3. The predicted octanol–water partition coefficient (Wildman–Crippen LogP) is 8.89. The molecule has 0 radical (unpaired) electrons. The van der Waals surface area contributed by atoms with Crippen LogP contribution in [0.5, 0.6) is 11.5 Å². The topological polar surface area (TPSA) is 106 Å². The van der Waals surface area contributed by atoms with Crippen LogP contribution in [-0.4, -0.2) is 31.9 Å². The minimum atomic E-state index is -0.624. The molecule has 0 spiro atoms. The number of rotatable bonds is 12. The van der Waals surface area contributed by atoms with Crippen molar-refractivity contribution < 1.29 is 23.9 Å². The Kier molecular flexibility index (Phi) is 12.0. The molecule has 0 fully saturated rings. The molecule has 0 saturated carbocycles. The quantitative estimate of drug-likeness (QED) is 0.0882. The fraction of sp³-hybridized carbons (Fsp3) is 0.0789. The van der Waals surface area contributed by atoms with Gasteiger partial charge in [0.05, 0.1) is 30.0 Å². The van der Waals surface area contributed by atoms with Crippen molar-refractivity contribution in [3.8, 4) is 11.5 Å². The van der Waals surface area contributed by atoms with Gasteiger partial charge in [-0.1, -0.05) is 83.9 Å². The Morgan fingerprint density at radius 3 is 2.08 bits per heavy atom. The normalized spacial score (nSPS) is 11.6. The van der Waals surface area contributed by atoms with Crippen LogP contribution in [0.3, 0.4) is 0 Å². The molecule has 8 nitrogen and oxygen atoms in total. The highest BCUT2D eigenvalue weighted by Gasteiger charge is 2.23. The Labute approximate surface area is 298 Å². The number of halogens is 2. The van der Waals surface area contributed by atoms with Crippen LogP contribution in [0.4, 0.5) is 11.4 Å². The van der Waals surface area contributed by atoms with Crippen molar-refractivity contribution in [1.29, 1.82) is 0 Å². The average Bonchev–Trinajstić information content (AvgIpc) is 3.13. The molecular formula is C38H31Cl2N3O5S. The van der Waals surface area contributed by atoms with E-state index in [1.807, 2.05) is 30.3 Å². The number of methoxy groups -OCH3 is 2. The SMILES string of the molecule is COc1ccc(/C=C(\NC(=O)c2ccccc2)C(=O)Nc2ccc(SC(C(=O)Nc3cccc(Cl)c3Cl)c3ccccc3)cc2)cc1OC. The molecular weight excluding hydrogens is 681 g/mol. The Balaban J connectivity index is 1.36. The van der Waals surface area contributed by atoms with Gasteiger partial charge in [0.25, 0.3) is 11.8 Å². The van der Waals surface area contributed by atoms with Gasteiger partial charge in [0.1, 0.15) is 10.9 Å². The van der Waals surface area contributed by atoms with Gasteiger partial charge >= 0.3 is 0 Å². The molecule has 0 bridgehead atoms. The van der Waals surface area contributed by atoms with Crippen LogP contribution in [0.25, 0.3) is 6.08 Å². The van der Waals surface area contributed by atoms with E-state index in [1.165, 1.54) is 26.0 Å². The lowest BCUT2D eigenvalue weighted by Gasteiger charge is -2.18. The summed E-state index contributed by atoms with van der Waals surface area (Å²) >= 11 is 13.8. The maximum atomic E-state index is 13.6. The van der Waals surface area contributed by atoms with Crippen LogP contribution in [0.15, 0.2) is 132 Å². The molecule has 3 N–H and O–H groups in total. The number of amides is 3. The lowest BCUT2D eigenvalue weighted by Crippen LogP contribution is -2.30. The van der Waals surface area contributed by atoms with Crippen molar-refractivity contribution in [3.05, 3.63) is 154 Å². The second-order valence-corrected chi connectivity index (χ2v) is 12.4. The Morgan fingerprint density at radius 2 is 1.41 bits per heavy atom. The van der Waals surface area contributed by atoms with Gasteiger partial charge in [-0.3, -0.25) is 14.4 Å². The molecule has 0 aliphatic rings. The van der Waals surface area contributed by atoms with Gasteiger partial charge in [0.15, 0.2) is 11.5 Å². The summed E-state index contributed by atoms with van der Waals surface area (Å²) in [5.74, 6) is -0.274. The minimum absolute atomic E-state index is 0.0139. The highest BCUT2D eigenvalue weighted by atomic mass is 35.5. The van der Waals surface area contributed by atoms with Crippen molar-refractivity contribution in [3.63, 3.8) is 0 Å². The largest absolute Gasteiger partial charge is 0.493 e. The number of anilines is 2. The molecule has 1 atom stereocenters. The Hall–Kier alpha value is -5.22. The maximum Gasteiger partial charge on any atom is 0.272 e. The molecule has 0 heterocycles. The molecule has 49 heavy (non-hydrogen) atoms. The summed E-state index contributed by atoms with van der Waals surface area (Å²) < 4.78 is 10.7. The van der Waals surface area contributed by atoms with Crippen LogP contribution in [0.1, 0.15) is 26.7 Å². The van der Waals surface area contributed by atoms with Gasteiger partial charge in [0, 0.05) is 16.1 Å². The zero-order chi connectivity index (χ0) is 34.8. The lowest BCUT2D eigenvalue weighted by atomic mass is 10.1. The third-order valence-corrected chi connectivity index (χ3v) is 9.25. The summed E-state index contributed by atoms with van der Waals surface area (Å²) in [6, 6.07) is 35.2. The number of carbonyl (C=O) groups excluding carboxylic acids is 3. The molecule has 11 heteroatoms. The number of ether oxygens (including phenoxy) is 2. The molecule has 1 unspecified atom stereocenters. The average molecular weight is 713 g/mol. The van der Waals surface area contributed by atoms with E-state index in [-0.39, 0.29) is 16.6 Å².